The summed E-state index contributed by atoms with van der Waals surface area (Å²) in [6, 6.07) is 0. The molecule has 1 rings (SSSR count). The molecule has 1 aliphatic heterocycles. The van der Waals surface area contributed by atoms with Gasteiger partial charge in [-0.1, -0.05) is 12.8 Å². The standard InChI is InChI=1S/C13H24N2/c1-3-5-11-15(10-4-2)12-13-6-8-14-9-7-13/h13-14H,4,6-12H2,1-2H3. The van der Waals surface area contributed by atoms with Gasteiger partial charge in [0.05, 0.1) is 6.54 Å². The lowest BCUT2D eigenvalue weighted by molar-refractivity contribution is 0.225. The molecule has 0 bridgehead atoms. The van der Waals surface area contributed by atoms with Crippen LogP contribution in [0, 0.1) is 17.8 Å². The lowest BCUT2D eigenvalue weighted by Gasteiger charge is -2.28. The molecule has 2 heteroatoms. The van der Waals surface area contributed by atoms with Crippen molar-refractivity contribution in [3.05, 3.63) is 0 Å². The van der Waals surface area contributed by atoms with Crippen molar-refractivity contribution < 1.29 is 0 Å². The van der Waals surface area contributed by atoms with Crippen LogP contribution in [0.15, 0.2) is 0 Å². The Bertz CT molecular complexity index is 208. The van der Waals surface area contributed by atoms with Crippen LogP contribution in [0.5, 0.6) is 0 Å². The van der Waals surface area contributed by atoms with E-state index in [1.165, 1.54) is 45.4 Å². The van der Waals surface area contributed by atoms with E-state index in [4.69, 9.17) is 0 Å². The minimum Gasteiger partial charge on any atom is -0.317 e. The summed E-state index contributed by atoms with van der Waals surface area (Å²) in [6.45, 7) is 9.95. The zero-order valence-electron chi connectivity index (χ0n) is 10.2. The van der Waals surface area contributed by atoms with E-state index < -0.39 is 0 Å². The number of rotatable bonds is 5. The van der Waals surface area contributed by atoms with Crippen molar-refractivity contribution in [1.29, 1.82) is 0 Å². The first kappa shape index (κ1) is 12.5. The Hall–Kier alpha value is -0.520. The maximum atomic E-state index is 3.42. The fourth-order valence-electron chi connectivity index (χ4n) is 2.17. The van der Waals surface area contributed by atoms with Crippen LogP contribution < -0.4 is 5.32 Å². The summed E-state index contributed by atoms with van der Waals surface area (Å²) in [6.07, 6.45) is 3.90. The molecule has 0 unspecified atom stereocenters. The molecule has 0 aliphatic carbocycles. The Balaban J connectivity index is 2.29. The highest BCUT2D eigenvalue weighted by Crippen LogP contribution is 2.13. The highest BCUT2D eigenvalue weighted by Gasteiger charge is 2.15. The number of hydrogen-bond acceptors (Lipinski definition) is 2. The van der Waals surface area contributed by atoms with Crippen LogP contribution >= 0.6 is 0 Å². The van der Waals surface area contributed by atoms with E-state index in [1.807, 2.05) is 6.92 Å². The molecule has 0 aromatic heterocycles. The van der Waals surface area contributed by atoms with E-state index in [0.29, 0.717) is 0 Å². The van der Waals surface area contributed by atoms with Crippen LogP contribution in [0.2, 0.25) is 0 Å². The molecule has 1 heterocycles. The number of nitrogens with one attached hydrogen (secondary N) is 1. The molecule has 0 saturated carbocycles. The van der Waals surface area contributed by atoms with Crippen molar-refractivity contribution in [2.75, 3.05) is 32.7 Å². The van der Waals surface area contributed by atoms with Gasteiger partial charge in [0.2, 0.25) is 0 Å². The van der Waals surface area contributed by atoms with Crippen molar-refractivity contribution in [3.63, 3.8) is 0 Å². The molecule has 1 N–H and O–H groups in total. The van der Waals surface area contributed by atoms with E-state index in [9.17, 15) is 0 Å². The Labute approximate surface area is 94.4 Å². The first-order chi connectivity index (χ1) is 7.36. The van der Waals surface area contributed by atoms with Gasteiger partial charge in [-0.15, -0.1) is 5.92 Å². The first-order valence-corrected chi connectivity index (χ1v) is 6.19. The predicted octanol–water partition coefficient (Wildman–Crippen LogP) is 1.72. The summed E-state index contributed by atoms with van der Waals surface area (Å²) in [5.41, 5.74) is 0. The summed E-state index contributed by atoms with van der Waals surface area (Å²) in [5.74, 6) is 7.06. The third kappa shape index (κ3) is 5.20. The zero-order valence-corrected chi connectivity index (χ0v) is 10.2. The second-order valence-electron chi connectivity index (χ2n) is 4.36. The average Bonchev–Trinajstić information content (AvgIpc) is 2.28. The number of nitrogens with zero attached hydrogens (tertiary/aromatic N) is 1. The molecular formula is C13H24N2. The lowest BCUT2D eigenvalue weighted by atomic mass is 9.97. The maximum absolute atomic E-state index is 3.42. The van der Waals surface area contributed by atoms with Gasteiger partial charge in [0.15, 0.2) is 0 Å². The van der Waals surface area contributed by atoms with Gasteiger partial charge in [-0.2, -0.15) is 0 Å². The summed E-state index contributed by atoms with van der Waals surface area (Å²) in [5, 5.41) is 3.42. The van der Waals surface area contributed by atoms with Gasteiger partial charge in [-0.25, -0.2) is 0 Å². The van der Waals surface area contributed by atoms with Gasteiger partial charge < -0.3 is 5.32 Å². The maximum Gasteiger partial charge on any atom is 0.0601 e. The van der Waals surface area contributed by atoms with Gasteiger partial charge in [-0.05, 0) is 51.7 Å². The summed E-state index contributed by atoms with van der Waals surface area (Å²) < 4.78 is 0. The monoisotopic (exact) mass is 208 g/mol. The molecule has 0 aromatic rings. The Morgan fingerprint density at radius 3 is 2.67 bits per heavy atom. The topological polar surface area (TPSA) is 15.3 Å². The van der Waals surface area contributed by atoms with Crippen LogP contribution in [0.25, 0.3) is 0 Å². The van der Waals surface area contributed by atoms with Gasteiger partial charge in [-0.3, -0.25) is 4.90 Å². The van der Waals surface area contributed by atoms with Gasteiger partial charge in [0.25, 0.3) is 0 Å². The van der Waals surface area contributed by atoms with Crippen LogP contribution in [-0.2, 0) is 0 Å². The summed E-state index contributed by atoms with van der Waals surface area (Å²) in [7, 11) is 0. The molecule has 0 amide bonds. The van der Waals surface area contributed by atoms with Crippen LogP contribution in [0.1, 0.15) is 33.1 Å². The molecule has 0 aromatic carbocycles. The molecule has 1 saturated heterocycles. The Kier molecular flexibility index (Phi) is 6.47. The fourth-order valence-corrected chi connectivity index (χ4v) is 2.17. The summed E-state index contributed by atoms with van der Waals surface area (Å²) in [4.78, 5) is 2.51. The second-order valence-corrected chi connectivity index (χ2v) is 4.36. The van der Waals surface area contributed by atoms with Gasteiger partial charge >= 0.3 is 0 Å². The van der Waals surface area contributed by atoms with Crippen LogP contribution in [-0.4, -0.2) is 37.6 Å². The normalized spacial score (nSPS) is 17.5. The van der Waals surface area contributed by atoms with Crippen molar-refractivity contribution in [2.24, 2.45) is 5.92 Å². The number of piperidine rings is 1. The summed E-state index contributed by atoms with van der Waals surface area (Å²) >= 11 is 0. The molecule has 0 radical (unpaired) electrons. The smallest absolute Gasteiger partial charge is 0.0601 e. The van der Waals surface area contributed by atoms with Crippen molar-refractivity contribution in [3.8, 4) is 11.8 Å². The molecule has 0 spiro atoms. The highest BCUT2D eigenvalue weighted by atomic mass is 15.1. The molecular weight excluding hydrogens is 184 g/mol. The zero-order chi connectivity index (χ0) is 10.9. The molecule has 15 heavy (non-hydrogen) atoms. The minimum atomic E-state index is 0.886. The molecule has 1 aliphatic rings. The molecule has 1 fully saturated rings. The fraction of sp³-hybridized carbons (Fsp3) is 0.846. The lowest BCUT2D eigenvalue weighted by Crippen LogP contribution is -2.36. The van der Waals surface area contributed by atoms with Crippen molar-refractivity contribution in [2.45, 2.75) is 33.1 Å². The van der Waals surface area contributed by atoms with Gasteiger partial charge in [0.1, 0.15) is 0 Å². The SMILES string of the molecule is CC#CCN(CCC)CC1CCNCC1. The van der Waals surface area contributed by atoms with E-state index in [1.54, 1.807) is 0 Å². The molecule has 86 valence electrons. The van der Waals surface area contributed by atoms with E-state index >= 15 is 0 Å². The second kappa shape index (κ2) is 7.73. The third-order valence-electron chi connectivity index (χ3n) is 2.99. The van der Waals surface area contributed by atoms with Crippen molar-refractivity contribution in [1.82, 2.24) is 10.2 Å². The highest BCUT2D eigenvalue weighted by molar-refractivity contribution is 4.98. The molecule has 0 atom stereocenters. The largest absolute Gasteiger partial charge is 0.317 e. The van der Waals surface area contributed by atoms with E-state index in [2.05, 4.69) is 29.0 Å². The first-order valence-electron chi connectivity index (χ1n) is 6.19. The van der Waals surface area contributed by atoms with Gasteiger partial charge in [0, 0.05) is 6.54 Å². The minimum absolute atomic E-state index is 0.886. The van der Waals surface area contributed by atoms with Crippen LogP contribution in [0.3, 0.4) is 0 Å². The Morgan fingerprint density at radius 1 is 1.33 bits per heavy atom. The van der Waals surface area contributed by atoms with Crippen molar-refractivity contribution >= 4 is 0 Å². The Morgan fingerprint density at radius 2 is 2.07 bits per heavy atom. The molecule has 2 nitrogen and oxygen atoms in total. The van der Waals surface area contributed by atoms with E-state index in [0.717, 1.165) is 12.5 Å². The quantitative estimate of drug-likeness (QED) is 0.692. The van der Waals surface area contributed by atoms with Crippen LogP contribution in [0.4, 0.5) is 0 Å². The average molecular weight is 208 g/mol. The predicted molar refractivity (Wildman–Crippen MR) is 65.8 cm³/mol. The van der Waals surface area contributed by atoms with E-state index in [-0.39, 0.29) is 0 Å². The third-order valence-corrected chi connectivity index (χ3v) is 2.99. The number of hydrogen-bond donors (Lipinski definition) is 1.